The predicted molar refractivity (Wildman–Crippen MR) is 171 cm³/mol. The van der Waals surface area contributed by atoms with Crippen molar-refractivity contribution in [1.82, 2.24) is 8.75 Å². The van der Waals surface area contributed by atoms with E-state index in [9.17, 15) is 14.7 Å². The van der Waals surface area contributed by atoms with Gasteiger partial charge in [0.25, 0.3) is 0 Å². The Balaban J connectivity index is 0.00000576. The van der Waals surface area contributed by atoms with E-state index in [1.165, 1.54) is 20.3 Å². The number of aliphatic carboxylic acids is 1. The summed E-state index contributed by atoms with van der Waals surface area (Å²) in [6.07, 6.45) is -0.694. The minimum Gasteiger partial charge on any atom is -0.545 e. The average molecular weight is 657 g/mol. The molecule has 0 N–H and O–H groups in total. The number of Topliss-reactive ketones (excluding diaryl/α,β-unsaturated/α-hetero) is 1. The summed E-state index contributed by atoms with van der Waals surface area (Å²) in [6, 6.07) is 13.0. The second kappa shape index (κ2) is 16.3. The van der Waals surface area contributed by atoms with Crippen LogP contribution in [0.15, 0.2) is 54.1 Å². The van der Waals surface area contributed by atoms with Crippen molar-refractivity contribution in [3.05, 3.63) is 70.8 Å². The number of hydrogen-bond donors (Lipinski definition) is 0. The van der Waals surface area contributed by atoms with E-state index in [2.05, 4.69) is 8.75 Å². The van der Waals surface area contributed by atoms with Crippen LogP contribution in [0.1, 0.15) is 63.0 Å². The Kier molecular flexibility index (Phi) is 13.0. The van der Waals surface area contributed by atoms with Gasteiger partial charge in [-0.25, -0.2) is 0 Å². The maximum atomic E-state index is 14.3. The molecule has 12 heteroatoms. The molecule has 0 fully saturated rings. The van der Waals surface area contributed by atoms with Crippen molar-refractivity contribution >= 4 is 40.1 Å². The summed E-state index contributed by atoms with van der Waals surface area (Å²) < 4.78 is 37.6. The molecule has 3 aromatic carbocycles. The van der Waals surface area contributed by atoms with Gasteiger partial charge in [0.2, 0.25) is 5.75 Å². The van der Waals surface area contributed by atoms with Gasteiger partial charge < -0.3 is 33.6 Å². The standard InChI is InChI=1S/C34H38N2O8S.Na/c1-18(2)42-29-14-21(15-30(43-19(3)4)33(29)44-20(5)6)13-24(32(37)23-10-12-27(40-7)28(17-23)41-8)31(34(38)39)22-9-11-25-26(16-22)36-45-35-25;/h9-12,14-20H,13H2,1-8H3,(H,38,39);/q;+1/p-1/b31-24+;. The van der Waals surface area contributed by atoms with Crippen LogP contribution in [0.3, 0.4) is 0 Å². The third kappa shape index (κ3) is 8.79. The Morgan fingerprint density at radius 1 is 0.717 bits per heavy atom. The molecule has 0 saturated heterocycles. The van der Waals surface area contributed by atoms with Crippen LogP contribution in [0.4, 0.5) is 0 Å². The molecule has 4 rings (SSSR count). The number of ketones is 1. The number of ether oxygens (including phenoxy) is 5. The molecule has 46 heavy (non-hydrogen) atoms. The monoisotopic (exact) mass is 656 g/mol. The van der Waals surface area contributed by atoms with E-state index in [0.29, 0.717) is 45.3 Å². The van der Waals surface area contributed by atoms with Crippen LogP contribution in [0, 0.1) is 0 Å². The number of benzene rings is 3. The van der Waals surface area contributed by atoms with E-state index in [1.54, 1.807) is 42.5 Å². The summed E-state index contributed by atoms with van der Waals surface area (Å²) in [6.45, 7) is 11.3. The molecule has 0 saturated carbocycles. The maximum absolute atomic E-state index is 14.3. The van der Waals surface area contributed by atoms with Crippen LogP contribution in [-0.4, -0.2) is 53.0 Å². The van der Waals surface area contributed by atoms with Crippen LogP contribution in [0.5, 0.6) is 28.7 Å². The fourth-order valence-electron chi connectivity index (χ4n) is 4.76. The van der Waals surface area contributed by atoms with Gasteiger partial charge in [-0.3, -0.25) is 4.79 Å². The first-order chi connectivity index (χ1) is 21.4. The smallest absolute Gasteiger partial charge is 0.545 e. The Morgan fingerprint density at radius 3 is 1.83 bits per heavy atom. The Labute approximate surface area is 295 Å². The number of methoxy groups -OCH3 is 2. The summed E-state index contributed by atoms with van der Waals surface area (Å²) >= 11 is 1.01. The minimum absolute atomic E-state index is 0. The molecule has 1 heterocycles. The molecule has 1 aromatic heterocycles. The second-order valence-electron chi connectivity index (χ2n) is 11.1. The van der Waals surface area contributed by atoms with Crippen molar-refractivity contribution in [2.24, 2.45) is 0 Å². The molecule has 0 atom stereocenters. The number of carbonyl (C=O) groups is 2. The molecule has 0 unspecified atom stereocenters. The van der Waals surface area contributed by atoms with E-state index in [4.69, 9.17) is 23.7 Å². The van der Waals surface area contributed by atoms with Gasteiger partial charge in [-0.1, -0.05) is 6.07 Å². The van der Waals surface area contributed by atoms with E-state index in [1.807, 2.05) is 41.5 Å². The molecule has 0 aliphatic heterocycles. The molecule has 0 spiro atoms. The Hall–Kier alpha value is -3.64. The van der Waals surface area contributed by atoms with Crippen LogP contribution in [0.25, 0.3) is 16.6 Å². The number of rotatable bonds is 14. The number of allylic oxidation sites excluding steroid dienone is 1. The molecular weight excluding hydrogens is 619 g/mol. The number of carboxylic acids is 1. The number of hydrogen-bond acceptors (Lipinski definition) is 11. The van der Waals surface area contributed by atoms with Crippen LogP contribution in [0.2, 0.25) is 0 Å². The number of fused-ring (bicyclic) bond motifs is 1. The summed E-state index contributed by atoms with van der Waals surface area (Å²) in [4.78, 5) is 27.2. The quantitative estimate of drug-likeness (QED) is 0.114. The van der Waals surface area contributed by atoms with Crippen LogP contribution < -0.4 is 58.3 Å². The minimum atomic E-state index is -1.52. The first-order valence-corrected chi connectivity index (χ1v) is 15.3. The zero-order valence-corrected chi connectivity index (χ0v) is 30.4. The van der Waals surface area contributed by atoms with Gasteiger partial charge in [0.15, 0.2) is 28.8 Å². The third-order valence-corrected chi connectivity index (χ3v) is 7.07. The van der Waals surface area contributed by atoms with Crippen molar-refractivity contribution in [1.29, 1.82) is 0 Å². The number of nitrogens with zero attached hydrogens (tertiary/aromatic N) is 2. The summed E-state index contributed by atoms with van der Waals surface area (Å²) in [5, 5.41) is 12.9. The molecule has 4 aromatic rings. The molecule has 10 nitrogen and oxygen atoms in total. The molecule has 0 bridgehead atoms. The van der Waals surface area contributed by atoms with Gasteiger partial charge in [-0.2, -0.15) is 8.75 Å². The van der Waals surface area contributed by atoms with Gasteiger partial charge in [0, 0.05) is 23.1 Å². The van der Waals surface area contributed by atoms with Crippen LogP contribution in [-0.2, 0) is 11.2 Å². The van der Waals surface area contributed by atoms with E-state index < -0.39 is 11.8 Å². The normalized spacial score (nSPS) is 11.7. The van der Waals surface area contributed by atoms with Crippen molar-refractivity contribution in [3.8, 4) is 28.7 Å². The second-order valence-corrected chi connectivity index (χ2v) is 11.6. The summed E-state index contributed by atoms with van der Waals surface area (Å²) in [5.74, 6) is -0.0554. The van der Waals surface area contributed by atoms with Crippen molar-refractivity contribution < 1.29 is 67.9 Å². The zero-order valence-electron chi connectivity index (χ0n) is 27.6. The van der Waals surface area contributed by atoms with Crippen molar-refractivity contribution in [2.75, 3.05) is 14.2 Å². The van der Waals surface area contributed by atoms with Crippen LogP contribution >= 0.6 is 11.7 Å². The third-order valence-electron chi connectivity index (χ3n) is 6.51. The zero-order chi connectivity index (χ0) is 32.8. The van der Waals surface area contributed by atoms with Gasteiger partial charge >= 0.3 is 29.6 Å². The van der Waals surface area contributed by atoms with Gasteiger partial charge in [-0.05, 0) is 95.1 Å². The van der Waals surface area contributed by atoms with Gasteiger partial charge in [0.1, 0.15) is 11.0 Å². The average Bonchev–Trinajstić information content (AvgIpc) is 3.45. The summed E-state index contributed by atoms with van der Waals surface area (Å²) in [5.41, 5.74) is 1.85. The first kappa shape index (κ1) is 36.8. The Morgan fingerprint density at radius 2 is 1.28 bits per heavy atom. The molecule has 0 aliphatic carbocycles. The van der Waals surface area contributed by atoms with E-state index >= 15 is 0 Å². The number of aromatic nitrogens is 2. The predicted octanol–water partition coefficient (Wildman–Crippen LogP) is 2.70. The molecule has 0 aliphatic rings. The summed E-state index contributed by atoms with van der Waals surface area (Å²) in [7, 11) is 2.95. The molecule has 0 radical (unpaired) electrons. The van der Waals surface area contributed by atoms with Crippen molar-refractivity contribution in [2.45, 2.75) is 66.3 Å². The SMILES string of the molecule is COc1ccc(C(=O)/C(Cc2cc(OC(C)C)c(OC(C)C)c(OC(C)C)c2)=C(/C(=O)[O-])c2ccc3nsnc3c2)cc1OC.[Na+]. The van der Waals surface area contributed by atoms with Gasteiger partial charge in [-0.15, -0.1) is 0 Å². The molecular formula is C34H37N2NaO8S. The molecule has 0 amide bonds. The fraction of sp³-hybridized carbons (Fsp3) is 0.353. The van der Waals surface area contributed by atoms with E-state index in [-0.39, 0.29) is 76.6 Å². The first-order valence-electron chi connectivity index (χ1n) is 14.5. The molecule has 238 valence electrons. The number of carboxylic acid groups (broad SMARTS) is 1. The van der Waals surface area contributed by atoms with E-state index in [0.717, 1.165) is 11.7 Å². The fourth-order valence-corrected chi connectivity index (χ4v) is 5.28. The Bertz CT molecular complexity index is 1700. The van der Waals surface area contributed by atoms with Crippen molar-refractivity contribution in [3.63, 3.8) is 0 Å². The largest absolute Gasteiger partial charge is 1.00 e. The number of carbonyl (C=O) groups excluding carboxylic acids is 2. The maximum Gasteiger partial charge on any atom is 1.00 e. The van der Waals surface area contributed by atoms with Gasteiger partial charge in [0.05, 0.1) is 50.2 Å². The topological polar surface area (TPSA) is 129 Å².